The highest BCUT2D eigenvalue weighted by Crippen LogP contribution is 2.25. The number of aromatic amines is 1. The van der Waals surface area contributed by atoms with Crippen molar-refractivity contribution < 1.29 is 0 Å². The summed E-state index contributed by atoms with van der Waals surface area (Å²) < 4.78 is 2.08. The Morgan fingerprint density at radius 2 is 2.44 bits per heavy atom. The Labute approximate surface area is 95.9 Å². The fourth-order valence-corrected chi connectivity index (χ4v) is 2.60. The van der Waals surface area contributed by atoms with Crippen LogP contribution >= 0.6 is 11.3 Å². The van der Waals surface area contributed by atoms with E-state index in [2.05, 4.69) is 25.0 Å². The first-order chi connectivity index (χ1) is 7.88. The van der Waals surface area contributed by atoms with E-state index in [1.165, 1.54) is 0 Å². The van der Waals surface area contributed by atoms with Gasteiger partial charge in [-0.15, -0.1) is 11.3 Å². The van der Waals surface area contributed by atoms with Crippen LogP contribution in [0.3, 0.4) is 0 Å². The van der Waals surface area contributed by atoms with Crippen molar-refractivity contribution in [1.82, 2.24) is 19.6 Å². The quantitative estimate of drug-likeness (QED) is 0.716. The number of nitrogens with one attached hydrogen (secondary N) is 1. The molecule has 0 saturated carbocycles. The number of fused-ring (bicyclic) bond motifs is 1. The Morgan fingerprint density at radius 3 is 3.19 bits per heavy atom. The maximum Gasteiger partial charge on any atom is 0.194 e. The van der Waals surface area contributed by atoms with Crippen LogP contribution in [0.15, 0.2) is 24.0 Å². The molecule has 0 aromatic carbocycles. The summed E-state index contributed by atoms with van der Waals surface area (Å²) in [4.78, 5) is 5.50. The second-order valence-electron chi connectivity index (χ2n) is 3.53. The van der Waals surface area contributed by atoms with Crippen LogP contribution in [0.1, 0.15) is 5.69 Å². The van der Waals surface area contributed by atoms with E-state index in [4.69, 9.17) is 5.73 Å². The average molecular weight is 233 g/mol. The van der Waals surface area contributed by atoms with Crippen LogP contribution in [-0.4, -0.2) is 26.1 Å². The van der Waals surface area contributed by atoms with E-state index in [1.807, 2.05) is 18.6 Å². The van der Waals surface area contributed by atoms with Crippen molar-refractivity contribution in [3.8, 4) is 11.3 Å². The van der Waals surface area contributed by atoms with Crippen molar-refractivity contribution in [2.75, 3.05) is 6.54 Å². The van der Waals surface area contributed by atoms with Gasteiger partial charge in [0.05, 0.1) is 17.6 Å². The maximum absolute atomic E-state index is 5.52. The molecule has 0 aliphatic carbocycles. The second-order valence-corrected chi connectivity index (χ2v) is 4.37. The molecule has 0 aliphatic heterocycles. The zero-order chi connectivity index (χ0) is 11.0. The molecule has 0 aliphatic rings. The first-order valence-corrected chi connectivity index (χ1v) is 5.91. The van der Waals surface area contributed by atoms with Crippen molar-refractivity contribution in [3.05, 3.63) is 29.7 Å². The minimum atomic E-state index is 0.631. The Morgan fingerprint density at radius 1 is 1.50 bits per heavy atom. The zero-order valence-corrected chi connectivity index (χ0v) is 9.37. The Bertz CT molecular complexity index is 592. The summed E-state index contributed by atoms with van der Waals surface area (Å²) in [5.74, 6) is 0. The molecule has 3 heterocycles. The SMILES string of the molecule is NCCc1cn2c(-c3cn[nH]c3)csc2n1. The summed E-state index contributed by atoms with van der Waals surface area (Å²) in [5, 5.41) is 8.85. The molecular formula is C10H11N5S. The predicted octanol–water partition coefficient (Wildman–Crippen LogP) is 1.29. The Balaban J connectivity index is 2.12. The van der Waals surface area contributed by atoms with Gasteiger partial charge in [-0.3, -0.25) is 9.50 Å². The Hall–Kier alpha value is -1.66. The van der Waals surface area contributed by atoms with E-state index in [-0.39, 0.29) is 0 Å². The van der Waals surface area contributed by atoms with Gasteiger partial charge in [0, 0.05) is 29.8 Å². The molecule has 0 bridgehead atoms. The fraction of sp³-hybridized carbons (Fsp3) is 0.200. The number of hydrogen-bond acceptors (Lipinski definition) is 4. The van der Waals surface area contributed by atoms with Crippen LogP contribution in [0.5, 0.6) is 0 Å². The van der Waals surface area contributed by atoms with Crippen molar-refractivity contribution in [1.29, 1.82) is 0 Å². The zero-order valence-electron chi connectivity index (χ0n) is 8.55. The molecule has 0 radical (unpaired) electrons. The average Bonchev–Trinajstić information content (AvgIpc) is 2.90. The number of nitrogens with two attached hydrogens (primary N) is 1. The van der Waals surface area contributed by atoms with E-state index in [0.717, 1.165) is 28.3 Å². The van der Waals surface area contributed by atoms with Crippen LogP contribution in [0.25, 0.3) is 16.2 Å². The number of aromatic nitrogens is 4. The number of thiazole rings is 1. The summed E-state index contributed by atoms with van der Waals surface area (Å²) in [6.07, 6.45) is 6.55. The van der Waals surface area contributed by atoms with Gasteiger partial charge in [-0.25, -0.2) is 4.98 Å². The van der Waals surface area contributed by atoms with E-state index in [0.29, 0.717) is 6.54 Å². The molecule has 6 heteroatoms. The van der Waals surface area contributed by atoms with E-state index in [1.54, 1.807) is 11.3 Å². The van der Waals surface area contributed by atoms with Gasteiger partial charge < -0.3 is 5.73 Å². The van der Waals surface area contributed by atoms with Crippen LogP contribution in [-0.2, 0) is 6.42 Å². The highest BCUT2D eigenvalue weighted by atomic mass is 32.1. The monoisotopic (exact) mass is 233 g/mol. The van der Waals surface area contributed by atoms with Crippen molar-refractivity contribution >= 4 is 16.3 Å². The number of hydrogen-bond donors (Lipinski definition) is 2. The van der Waals surface area contributed by atoms with Gasteiger partial charge in [-0.05, 0) is 6.54 Å². The second kappa shape index (κ2) is 3.73. The smallest absolute Gasteiger partial charge is 0.194 e. The third-order valence-electron chi connectivity index (χ3n) is 2.45. The molecule has 3 aromatic heterocycles. The minimum Gasteiger partial charge on any atom is -0.330 e. The summed E-state index contributed by atoms with van der Waals surface area (Å²) in [5.41, 5.74) is 8.75. The van der Waals surface area contributed by atoms with Gasteiger partial charge in [0.2, 0.25) is 0 Å². The third kappa shape index (κ3) is 1.43. The van der Waals surface area contributed by atoms with Crippen molar-refractivity contribution in [3.63, 3.8) is 0 Å². The topological polar surface area (TPSA) is 72.0 Å². The highest BCUT2D eigenvalue weighted by molar-refractivity contribution is 7.15. The molecule has 0 amide bonds. The highest BCUT2D eigenvalue weighted by Gasteiger charge is 2.09. The van der Waals surface area contributed by atoms with Crippen LogP contribution < -0.4 is 5.73 Å². The molecule has 3 rings (SSSR count). The summed E-state index contributed by atoms with van der Waals surface area (Å²) in [6.45, 7) is 0.631. The molecule has 82 valence electrons. The standard InChI is InChI=1S/C10H11N5S/c11-2-1-8-5-15-9(6-16-10(15)14-8)7-3-12-13-4-7/h3-6H,1-2,11H2,(H,12,13). The lowest BCUT2D eigenvalue weighted by molar-refractivity contribution is 0.937. The minimum absolute atomic E-state index is 0.631. The summed E-state index contributed by atoms with van der Waals surface area (Å²) in [7, 11) is 0. The van der Waals surface area contributed by atoms with Gasteiger partial charge in [0.1, 0.15) is 0 Å². The Kier molecular flexibility index (Phi) is 2.23. The number of nitrogens with zero attached hydrogens (tertiary/aromatic N) is 3. The van der Waals surface area contributed by atoms with Crippen LogP contribution in [0, 0.1) is 0 Å². The molecule has 0 unspecified atom stereocenters. The molecule has 3 aromatic rings. The molecule has 16 heavy (non-hydrogen) atoms. The maximum atomic E-state index is 5.52. The molecule has 0 spiro atoms. The summed E-state index contributed by atoms with van der Waals surface area (Å²) in [6, 6.07) is 0. The summed E-state index contributed by atoms with van der Waals surface area (Å²) >= 11 is 1.63. The van der Waals surface area contributed by atoms with Gasteiger partial charge in [0.15, 0.2) is 4.96 Å². The first-order valence-electron chi connectivity index (χ1n) is 5.03. The molecule has 3 N–H and O–H groups in total. The molecule has 0 fully saturated rings. The number of H-pyrrole nitrogens is 1. The third-order valence-corrected chi connectivity index (χ3v) is 3.29. The lowest BCUT2D eigenvalue weighted by atomic mass is 10.3. The first kappa shape index (κ1) is 9.56. The van der Waals surface area contributed by atoms with Gasteiger partial charge in [-0.1, -0.05) is 0 Å². The normalized spacial score (nSPS) is 11.3. The molecular weight excluding hydrogens is 222 g/mol. The lowest BCUT2D eigenvalue weighted by Gasteiger charge is -1.93. The molecule has 0 saturated heterocycles. The van der Waals surface area contributed by atoms with E-state index < -0.39 is 0 Å². The number of imidazole rings is 1. The van der Waals surface area contributed by atoms with Crippen LogP contribution in [0.2, 0.25) is 0 Å². The van der Waals surface area contributed by atoms with Crippen molar-refractivity contribution in [2.45, 2.75) is 6.42 Å². The van der Waals surface area contributed by atoms with Gasteiger partial charge in [-0.2, -0.15) is 5.10 Å². The van der Waals surface area contributed by atoms with Crippen LogP contribution in [0.4, 0.5) is 0 Å². The fourth-order valence-electron chi connectivity index (χ4n) is 1.70. The largest absolute Gasteiger partial charge is 0.330 e. The van der Waals surface area contributed by atoms with Gasteiger partial charge >= 0.3 is 0 Å². The van der Waals surface area contributed by atoms with E-state index in [9.17, 15) is 0 Å². The lowest BCUT2D eigenvalue weighted by Crippen LogP contribution is -2.02. The number of rotatable bonds is 3. The molecule has 5 nitrogen and oxygen atoms in total. The van der Waals surface area contributed by atoms with Crippen molar-refractivity contribution in [2.24, 2.45) is 5.73 Å². The molecule has 0 atom stereocenters. The predicted molar refractivity (Wildman–Crippen MR) is 63.4 cm³/mol. The van der Waals surface area contributed by atoms with E-state index >= 15 is 0 Å². The van der Waals surface area contributed by atoms with Gasteiger partial charge in [0.25, 0.3) is 0 Å².